The number of fused-ring (bicyclic) bond motifs is 1. The summed E-state index contributed by atoms with van der Waals surface area (Å²) in [6, 6.07) is 3.24. The molecule has 2 heterocycles. The standard InChI is InChI=1S/C18H20F3N5O4S/c1-8(27)14-13-6-12(15(17(29)30)26(13)16(14)28)9-3-10(25(23)7-24(2)22)5-11(4-9)31-18(19,20)21/h3-5,7-8,13-14,27H,6,22-23H2,1-2H3/p+1/t8-,13?,14?/m1/s1. The third-order valence-corrected chi connectivity index (χ3v) is 5.71. The lowest BCUT2D eigenvalue weighted by atomic mass is 9.82. The smallest absolute Gasteiger partial charge is 0.446 e. The van der Waals surface area contributed by atoms with Crippen LogP contribution in [0.1, 0.15) is 18.9 Å². The largest absolute Gasteiger partial charge is 0.477 e. The number of benzene rings is 1. The molecule has 2 unspecified atom stereocenters. The van der Waals surface area contributed by atoms with Gasteiger partial charge in [-0.25, -0.2) is 4.79 Å². The Bertz CT molecular complexity index is 991. The third kappa shape index (κ3) is 4.48. The molecule has 9 nitrogen and oxygen atoms in total. The molecule has 6 N–H and O–H groups in total. The molecule has 31 heavy (non-hydrogen) atoms. The number of hydrogen-bond acceptors (Lipinski definition) is 6. The first-order chi connectivity index (χ1) is 14.3. The molecular formula is C18H21F3N5O4S+. The highest BCUT2D eigenvalue weighted by Crippen LogP contribution is 2.48. The van der Waals surface area contributed by atoms with Gasteiger partial charge >= 0.3 is 11.5 Å². The number of β-lactam (4-membered cyclic amide) rings is 1. The van der Waals surface area contributed by atoms with Crippen LogP contribution < -0.4 is 16.7 Å². The number of hydrogen-bond donors (Lipinski definition) is 4. The van der Waals surface area contributed by atoms with Crippen molar-refractivity contribution < 1.29 is 37.7 Å². The van der Waals surface area contributed by atoms with Crippen molar-refractivity contribution in [3.63, 3.8) is 0 Å². The number of aliphatic hydroxyl groups is 1. The van der Waals surface area contributed by atoms with Gasteiger partial charge < -0.3 is 15.1 Å². The predicted molar refractivity (Wildman–Crippen MR) is 106 cm³/mol. The van der Waals surface area contributed by atoms with Gasteiger partial charge in [-0.15, -0.1) is 0 Å². The van der Waals surface area contributed by atoms with E-state index >= 15 is 0 Å². The summed E-state index contributed by atoms with van der Waals surface area (Å²) in [4.78, 5) is 25.2. The number of thioether (sulfide) groups is 1. The predicted octanol–water partition coefficient (Wildman–Crippen LogP) is 0.930. The molecule has 13 heteroatoms. The van der Waals surface area contributed by atoms with Gasteiger partial charge in [-0.2, -0.15) is 28.7 Å². The molecule has 3 atom stereocenters. The first-order valence-corrected chi connectivity index (χ1v) is 9.87. The summed E-state index contributed by atoms with van der Waals surface area (Å²) in [5, 5.41) is 20.6. The van der Waals surface area contributed by atoms with E-state index in [1.807, 2.05) is 0 Å². The molecule has 1 aromatic carbocycles. The summed E-state index contributed by atoms with van der Waals surface area (Å²) >= 11 is -0.375. The molecular weight excluding hydrogens is 439 g/mol. The Morgan fingerprint density at radius 2 is 2.06 bits per heavy atom. The highest BCUT2D eigenvalue weighted by molar-refractivity contribution is 8.00. The van der Waals surface area contributed by atoms with Crippen LogP contribution in [0.25, 0.3) is 5.57 Å². The van der Waals surface area contributed by atoms with Gasteiger partial charge in [0.25, 0.3) is 6.34 Å². The Hall–Kier alpha value is -2.77. The lowest BCUT2D eigenvalue weighted by Gasteiger charge is -2.44. The van der Waals surface area contributed by atoms with Gasteiger partial charge in [-0.1, -0.05) is 0 Å². The van der Waals surface area contributed by atoms with Crippen molar-refractivity contribution in [3.05, 3.63) is 29.5 Å². The summed E-state index contributed by atoms with van der Waals surface area (Å²) in [6.07, 6.45) is 0.316. The number of rotatable bonds is 6. The molecule has 1 saturated heterocycles. The van der Waals surface area contributed by atoms with E-state index in [-0.39, 0.29) is 45.6 Å². The van der Waals surface area contributed by atoms with Crippen LogP contribution in [-0.4, -0.2) is 62.7 Å². The van der Waals surface area contributed by atoms with Crippen molar-refractivity contribution in [3.8, 4) is 0 Å². The number of anilines is 1. The number of carbonyl (C=O) groups excluding carboxylic acids is 1. The Morgan fingerprint density at radius 3 is 2.58 bits per heavy atom. The van der Waals surface area contributed by atoms with Crippen molar-refractivity contribution in [1.29, 1.82) is 0 Å². The number of amides is 1. The number of carbonyl (C=O) groups is 2. The van der Waals surface area contributed by atoms with Gasteiger partial charge in [0, 0.05) is 11.0 Å². The number of nitrogens with zero attached hydrogens (tertiary/aromatic N) is 3. The maximum atomic E-state index is 13.0. The average Bonchev–Trinajstić information content (AvgIpc) is 2.94. The molecule has 1 aromatic rings. The van der Waals surface area contributed by atoms with Crippen molar-refractivity contribution in [2.24, 2.45) is 17.6 Å². The molecule has 0 aromatic heterocycles. The number of alkyl halides is 3. The number of aliphatic carboxylic acids is 1. The van der Waals surface area contributed by atoms with Crippen LogP contribution in [0.2, 0.25) is 0 Å². The summed E-state index contributed by atoms with van der Waals surface area (Å²) in [5.74, 6) is 8.69. The van der Waals surface area contributed by atoms with E-state index in [0.717, 1.165) is 14.6 Å². The molecule has 1 amide bonds. The summed E-state index contributed by atoms with van der Waals surface area (Å²) in [7, 11) is 1.46. The second-order valence-electron chi connectivity index (χ2n) is 7.33. The maximum Gasteiger partial charge on any atom is 0.446 e. The molecule has 0 spiro atoms. The van der Waals surface area contributed by atoms with E-state index in [4.69, 9.17) is 11.7 Å². The van der Waals surface area contributed by atoms with Crippen LogP contribution >= 0.6 is 11.8 Å². The highest BCUT2D eigenvalue weighted by atomic mass is 32.2. The monoisotopic (exact) mass is 460 g/mol. The number of aliphatic hydroxyl groups excluding tert-OH is 1. The Balaban J connectivity index is 2.12. The first kappa shape index (κ1) is 22.9. The minimum Gasteiger partial charge on any atom is -0.477 e. The number of halogens is 3. The Labute approximate surface area is 179 Å². The van der Waals surface area contributed by atoms with Crippen LogP contribution in [-0.2, 0) is 9.59 Å². The zero-order valence-corrected chi connectivity index (χ0v) is 17.3. The lowest BCUT2D eigenvalue weighted by Crippen LogP contribution is -2.61. The van der Waals surface area contributed by atoms with E-state index in [0.29, 0.717) is 0 Å². The fourth-order valence-corrected chi connectivity index (χ4v) is 4.52. The van der Waals surface area contributed by atoms with Crippen LogP contribution in [0, 0.1) is 5.92 Å². The van der Waals surface area contributed by atoms with Crippen LogP contribution in [0.15, 0.2) is 28.8 Å². The van der Waals surface area contributed by atoms with Crippen molar-refractivity contribution in [1.82, 2.24) is 4.90 Å². The fraction of sp³-hybridized carbons (Fsp3) is 0.389. The van der Waals surface area contributed by atoms with E-state index < -0.39 is 35.4 Å². The molecule has 0 aliphatic carbocycles. The minimum absolute atomic E-state index is 0.0770. The molecule has 1 fully saturated rings. The molecule has 2 aliphatic heterocycles. The second kappa shape index (κ2) is 8.05. The first-order valence-electron chi connectivity index (χ1n) is 9.05. The van der Waals surface area contributed by atoms with Gasteiger partial charge in [-0.05, 0) is 48.4 Å². The number of nitrogens with two attached hydrogens (primary N) is 2. The zero-order chi connectivity index (χ0) is 23.2. The quantitative estimate of drug-likeness (QED) is 0.0936. The van der Waals surface area contributed by atoms with Gasteiger partial charge in [0.2, 0.25) is 5.91 Å². The van der Waals surface area contributed by atoms with E-state index in [1.54, 1.807) is 0 Å². The van der Waals surface area contributed by atoms with Crippen LogP contribution in [0.4, 0.5) is 18.9 Å². The van der Waals surface area contributed by atoms with Crippen molar-refractivity contribution in [2.75, 3.05) is 12.1 Å². The topological polar surface area (TPSA) is 136 Å². The fourth-order valence-electron chi connectivity index (χ4n) is 3.89. The molecule has 0 saturated carbocycles. The average molecular weight is 460 g/mol. The lowest BCUT2D eigenvalue weighted by molar-refractivity contribution is -0.505. The normalized spacial score (nSPS) is 22.4. The Kier molecular flexibility index (Phi) is 5.95. The van der Waals surface area contributed by atoms with Gasteiger partial charge in [-0.3, -0.25) is 10.6 Å². The second-order valence-corrected chi connectivity index (χ2v) is 8.47. The summed E-state index contributed by atoms with van der Waals surface area (Å²) in [5.41, 5.74) is -4.40. The molecule has 0 bridgehead atoms. The van der Waals surface area contributed by atoms with E-state index in [2.05, 4.69) is 0 Å². The number of hydrazone groups is 1. The van der Waals surface area contributed by atoms with Gasteiger partial charge in [0.05, 0.1) is 25.1 Å². The van der Waals surface area contributed by atoms with Crippen LogP contribution in [0.5, 0.6) is 0 Å². The van der Waals surface area contributed by atoms with Crippen molar-refractivity contribution in [2.45, 2.75) is 35.9 Å². The number of carboxylic acid groups (broad SMARTS) is 1. The molecule has 0 radical (unpaired) electrons. The molecule has 3 rings (SSSR count). The minimum atomic E-state index is -4.58. The number of carboxylic acids is 1. The summed E-state index contributed by atoms with van der Waals surface area (Å²) < 4.78 is 40.2. The maximum absolute atomic E-state index is 13.0. The van der Waals surface area contributed by atoms with Crippen molar-refractivity contribution >= 4 is 41.2 Å². The third-order valence-electron chi connectivity index (χ3n) is 5.01. The molecule has 168 valence electrons. The van der Waals surface area contributed by atoms with Gasteiger partial charge in [0.1, 0.15) is 11.4 Å². The van der Waals surface area contributed by atoms with Crippen LogP contribution in [0.3, 0.4) is 0 Å². The number of hydrazine groups is 2. The summed E-state index contributed by atoms with van der Waals surface area (Å²) in [6.45, 7) is 1.43. The van der Waals surface area contributed by atoms with E-state index in [9.17, 15) is 33.0 Å². The van der Waals surface area contributed by atoms with E-state index in [1.165, 1.54) is 38.5 Å². The molecule has 2 aliphatic rings. The van der Waals surface area contributed by atoms with Gasteiger partial charge in [0.15, 0.2) is 0 Å². The Morgan fingerprint density at radius 1 is 1.42 bits per heavy atom. The SMILES string of the molecule is C[C@@H](O)C1C(=O)N2C(C(=O)O)=C(c3cc(SC(F)(F)F)cc(N(N)/C=[N+](/C)N)c3)CC12. The highest BCUT2D eigenvalue weighted by Gasteiger charge is 2.56. The zero-order valence-electron chi connectivity index (χ0n) is 16.5.